The average molecular weight is 316 g/mol. The van der Waals surface area contributed by atoms with Crippen LogP contribution in [-0.2, 0) is 0 Å². The minimum Gasteiger partial charge on any atom is -0.466 e. The monoisotopic (exact) mass is 315 g/mol. The first-order valence-corrected chi connectivity index (χ1v) is 7.11. The third kappa shape index (κ3) is 2.76. The van der Waals surface area contributed by atoms with Crippen LogP contribution in [0.5, 0.6) is 0 Å². The lowest BCUT2D eigenvalue weighted by Crippen LogP contribution is -2.12. The molecular formula is C16H14ClN3O2. The van der Waals surface area contributed by atoms with Crippen LogP contribution in [0.3, 0.4) is 0 Å². The van der Waals surface area contributed by atoms with Crippen LogP contribution >= 0.6 is 11.6 Å². The standard InChI is InChI=1S/C16H14ClN3O2/c1-10-9-12(11(2)22-10)16(21)18-15-7-8-20(19-15)14-6-4-3-5-13(14)17/h3-9H,1-2H3,(H,18,19,21). The normalized spacial score (nSPS) is 10.7. The van der Waals surface area contributed by atoms with Gasteiger partial charge in [-0.3, -0.25) is 4.79 Å². The first-order chi connectivity index (χ1) is 10.5. The van der Waals surface area contributed by atoms with Crippen molar-refractivity contribution >= 4 is 23.3 Å². The number of benzene rings is 1. The minimum atomic E-state index is -0.251. The number of hydrogen-bond donors (Lipinski definition) is 1. The number of carbonyl (C=O) groups excluding carboxylic acids is 1. The number of halogens is 1. The van der Waals surface area contributed by atoms with Crippen molar-refractivity contribution in [2.45, 2.75) is 13.8 Å². The number of amides is 1. The number of carbonyl (C=O) groups is 1. The molecule has 0 unspecified atom stereocenters. The summed E-state index contributed by atoms with van der Waals surface area (Å²) in [5.74, 6) is 1.48. The van der Waals surface area contributed by atoms with Crippen molar-refractivity contribution in [3.8, 4) is 5.69 Å². The van der Waals surface area contributed by atoms with Crippen molar-refractivity contribution in [3.05, 3.63) is 64.7 Å². The number of hydrogen-bond acceptors (Lipinski definition) is 3. The molecule has 5 nitrogen and oxygen atoms in total. The van der Waals surface area contributed by atoms with Crippen LogP contribution in [0.1, 0.15) is 21.9 Å². The molecule has 6 heteroatoms. The van der Waals surface area contributed by atoms with Gasteiger partial charge in [-0.1, -0.05) is 23.7 Å². The van der Waals surface area contributed by atoms with Gasteiger partial charge in [0, 0.05) is 12.3 Å². The first-order valence-electron chi connectivity index (χ1n) is 6.73. The zero-order valence-electron chi connectivity index (χ0n) is 12.1. The molecule has 1 aromatic carbocycles. The SMILES string of the molecule is Cc1cc(C(=O)Nc2ccn(-c3ccccc3Cl)n2)c(C)o1. The molecule has 0 radical (unpaired) electrons. The third-order valence-electron chi connectivity index (χ3n) is 3.22. The molecule has 2 aromatic heterocycles. The highest BCUT2D eigenvalue weighted by Crippen LogP contribution is 2.20. The summed E-state index contributed by atoms with van der Waals surface area (Å²) in [6.45, 7) is 3.56. The van der Waals surface area contributed by atoms with E-state index >= 15 is 0 Å². The summed E-state index contributed by atoms with van der Waals surface area (Å²) in [4.78, 5) is 12.2. The molecule has 112 valence electrons. The van der Waals surface area contributed by atoms with Gasteiger partial charge in [0.1, 0.15) is 11.5 Å². The Bertz CT molecular complexity index is 836. The number of aromatic nitrogens is 2. The van der Waals surface area contributed by atoms with E-state index in [9.17, 15) is 4.79 Å². The molecular weight excluding hydrogens is 302 g/mol. The molecule has 0 saturated heterocycles. The molecule has 3 aromatic rings. The number of para-hydroxylation sites is 1. The second-order valence-corrected chi connectivity index (χ2v) is 5.29. The van der Waals surface area contributed by atoms with Crippen LogP contribution in [0.4, 0.5) is 5.82 Å². The van der Waals surface area contributed by atoms with Gasteiger partial charge in [-0.2, -0.15) is 0 Å². The smallest absolute Gasteiger partial charge is 0.260 e. The highest BCUT2D eigenvalue weighted by atomic mass is 35.5. The van der Waals surface area contributed by atoms with Gasteiger partial charge in [0.2, 0.25) is 0 Å². The van der Waals surface area contributed by atoms with Crippen LogP contribution in [0, 0.1) is 13.8 Å². The molecule has 0 atom stereocenters. The Morgan fingerprint density at radius 2 is 2.05 bits per heavy atom. The minimum absolute atomic E-state index is 0.251. The van der Waals surface area contributed by atoms with Gasteiger partial charge in [0.05, 0.1) is 16.3 Å². The summed E-state index contributed by atoms with van der Waals surface area (Å²) in [5, 5.41) is 7.65. The molecule has 0 spiro atoms. The van der Waals surface area contributed by atoms with Gasteiger partial charge in [0.15, 0.2) is 5.82 Å². The van der Waals surface area contributed by atoms with E-state index < -0.39 is 0 Å². The number of furan rings is 1. The van der Waals surface area contributed by atoms with Gasteiger partial charge in [-0.25, -0.2) is 4.68 Å². The van der Waals surface area contributed by atoms with E-state index in [2.05, 4.69) is 10.4 Å². The lowest BCUT2D eigenvalue weighted by molar-refractivity contribution is 0.102. The zero-order valence-corrected chi connectivity index (χ0v) is 12.9. The number of nitrogens with one attached hydrogen (secondary N) is 1. The molecule has 0 aliphatic rings. The van der Waals surface area contributed by atoms with Gasteiger partial charge in [-0.05, 0) is 32.0 Å². The Kier molecular flexibility index (Phi) is 3.73. The topological polar surface area (TPSA) is 60.1 Å². The van der Waals surface area contributed by atoms with Gasteiger partial charge < -0.3 is 9.73 Å². The van der Waals surface area contributed by atoms with E-state index in [4.69, 9.17) is 16.0 Å². The van der Waals surface area contributed by atoms with Crippen LogP contribution < -0.4 is 5.32 Å². The second kappa shape index (κ2) is 5.69. The second-order valence-electron chi connectivity index (χ2n) is 4.88. The number of anilines is 1. The quantitative estimate of drug-likeness (QED) is 0.795. The fourth-order valence-electron chi connectivity index (χ4n) is 2.20. The molecule has 0 fully saturated rings. The van der Waals surface area contributed by atoms with E-state index in [1.165, 1.54) is 0 Å². The summed E-state index contributed by atoms with van der Waals surface area (Å²) < 4.78 is 6.98. The van der Waals surface area contributed by atoms with Crippen molar-refractivity contribution in [2.75, 3.05) is 5.32 Å². The first kappa shape index (κ1) is 14.4. The average Bonchev–Trinajstić information content (AvgIpc) is 3.06. The molecule has 0 aliphatic heterocycles. The molecule has 2 heterocycles. The Balaban J connectivity index is 1.82. The molecule has 0 saturated carbocycles. The van der Waals surface area contributed by atoms with Crippen LogP contribution in [0.25, 0.3) is 5.69 Å². The van der Waals surface area contributed by atoms with Crippen molar-refractivity contribution in [1.82, 2.24) is 9.78 Å². The van der Waals surface area contributed by atoms with Crippen molar-refractivity contribution in [3.63, 3.8) is 0 Å². The summed E-state index contributed by atoms with van der Waals surface area (Å²) in [5.41, 5.74) is 1.25. The molecule has 1 N–H and O–H groups in total. The summed E-state index contributed by atoms with van der Waals surface area (Å²) in [7, 11) is 0. The highest BCUT2D eigenvalue weighted by molar-refractivity contribution is 6.32. The molecule has 1 amide bonds. The van der Waals surface area contributed by atoms with E-state index in [0.29, 0.717) is 27.9 Å². The van der Waals surface area contributed by atoms with Gasteiger partial charge >= 0.3 is 0 Å². The van der Waals surface area contributed by atoms with Gasteiger partial charge in [0.25, 0.3) is 5.91 Å². The maximum absolute atomic E-state index is 12.2. The zero-order chi connectivity index (χ0) is 15.7. The van der Waals surface area contributed by atoms with E-state index in [-0.39, 0.29) is 5.91 Å². The fourth-order valence-corrected chi connectivity index (χ4v) is 2.42. The van der Waals surface area contributed by atoms with Crippen LogP contribution in [0.2, 0.25) is 5.02 Å². The Morgan fingerprint density at radius 1 is 1.27 bits per heavy atom. The van der Waals surface area contributed by atoms with Gasteiger partial charge in [-0.15, -0.1) is 5.10 Å². The Morgan fingerprint density at radius 3 is 2.73 bits per heavy atom. The van der Waals surface area contributed by atoms with Crippen molar-refractivity contribution in [2.24, 2.45) is 0 Å². The fraction of sp³-hybridized carbons (Fsp3) is 0.125. The molecule has 0 aliphatic carbocycles. The maximum Gasteiger partial charge on any atom is 0.260 e. The van der Waals surface area contributed by atoms with E-state index in [1.807, 2.05) is 18.2 Å². The van der Waals surface area contributed by atoms with E-state index in [1.54, 1.807) is 42.9 Å². The predicted molar refractivity (Wildman–Crippen MR) is 84.7 cm³/mol. The summed E-state index contributed by atoms with van der Waals surface area (Å²) in [6, 6.07) is 10.8. The largest absolute Gasteiger partial charge is 0.466 e. The van der Waals surface area contributed by atoms with Crippen molar-refractivity contribution < 1.29 is 9.21 Å². The molecule has 0 bridgehead atoms. The maximum atomic E-state index is 12.2. The number of rotatable bonds is 3. The highest BCUT2D eigenvalue weighted by Gasteiger charge is 2.15. The van der Waals surface area contributed by atoms with E-state index in [0.717, 1.165) is 5.69 Å². The van der Waals surface area contributed by atoms with Crippen LogP contribution in [0.15, 0.2) is 47.0 Å². The molecule has 3 rings (SSSR count). The number of aryl methyl sites for hydroxylation is 2. The lowest BCUT2D eigenvalue weighted by Gasteiger charge is -2.03. The summed E-state index contributed by atoms with van der Waals surface area (Å²) >= 11 is 6.13. The van der Waals surface area contributed by atoms with Crippen LogP contribution in [-0.4, -0.2) is 15.7 Å². The Hall–Kier alpha value is -2.53. The predicted octanol–water partition coefficient (Wildman–Crippen LogP) is 3.99. The molecule has 22 heavy (non-hydrogen) atoms. The Labute approximate surface area is 132 Å². The third-order valence-corrected chi connectivity index (χ3v) is 3.54. The summed E-state index contributed by atoms with van der Waals surface area (Å²) in [6.07, 6.45) is 1.74. The lowest BCUT2D eigenvalue weighted by atomic mass is 10.2. The van der Waals surface area contributed by atoms with Crippen molar-refractivity contribution in [1.29, 1.82) is 0 Å². The number of nitrogens with zero attached hydrogens (tertiary/aromatic N) is 2.